The van der Waals surface area contributed by atoms with Gasteiger partial charge in [0.15, 0.2) is 0 Å². The van der Waals surface area contributed by atoms with E-state index < -0.39 is 11.8 Å². The maximum absolute atomic E-state index is 14.3. The summed E-state index contributed by atoms with van der Waals surface area (Å²) in [6, 6.07) is 27.1. The number of rotatable bonds is 8. The third-order valence-corrected chi connectivity index (χ3v) is 6.34. The smallest absolute Gasteiger partial charge is 0.337 e. The van der Waals surface area contributed by atoms with E-state index in [0.717, 1.165) is 22.4 Å². The number of pyridine rings is 1. The Balaban J connectivity index is 1.37. The van der Waals surface area contributed by atoms with Gasteiger partial charge in [0.2, 0.25) is 0 Å². The van der Waals surface area contributed by atoms with Crippen LogP contribution in [0.4, 0.5) is 4.39 Å². The number of benzene rings is 3. The van der Waals surface area contributed by atoms with Crippen molar-refractivity contribution in [3.8, 4) is 39.7 Å². The molecule has 0 aliphatic rings. The molecule has 0 bridgehead atoms. The first-order valence-electron chi connectivity index (χ1n) is 12.0. The Labute approximate surface area is 219 Å². The number of hydrogen-bond acceptors (Lipinski definition) is 4. The van der Waals surface area contributed by atoms with Gasteiger partial charge in [-0.05, 0) is 72.1 Å². The zero-order valence-corrected chi connectivity index (χ0v) is 20.9. The number of halogens is 1. The Morgan fingerprint density at radius 1 is 0.947 bits per heavy atom. The van der Waals surface area contributed by atoms with E-state index in [1.807, 2.05) is 48.5 Å². The Kier molecular flexibility index (Phi) is 6.91. The molecule has 0 aliphatic carbocycles. The first-order chi connectivity index (χ1) is 18.4. The summed E-state index contributed by atoms with van der Waals surface area (Å²) >= 11 is 0. The van der Waals surface area contributed by atoms with Gasteiger partial charge >= 0.3 is 5.97 Å². The van der Waals surface area contributed by atoms with Crippen molar-refractivity contribution in [3.63, 3.8) is 0 Å². The summed E-state index contributed by atoms with van der Waals surface area (Å²) in [5.41, 5.74) is 4.89. The van der Waals surface area contributed by atoms with Crippen molar-refractivity contribution in [2.45, 2.75) is 13.5 Å². The Hall–Kier alpha value is -4.91. The summed E-state index contributed by atoms with van der Waals surface area (Å²) in [6.07, 6.45) is 1.66. The van der Waals surface area contributed by atoms with Crippen LogP contribution in [0.15, 0.2) is 97.2 Å². The lowest BCUT2D eigenvalue weighted by atomic mass is 10.0. The van der Waals surface area contributed by atoms with Gasteiger partial charge in [-0.2, -0.15) is 0 Å². The molecule has 0 radical (unpaired) electrons. The summed E-state index contributed by atoms with van der Waals surface area (Å²) in [7, 11) is 1.64. The van der Waals surface area contributed by atoms with E-state index in [4.69, 9.17) is 9.47 Å². The number of carboxylic acid groups (broad SMARTS) is 1. The average molecular weight is 509 g/mol. The van der Waals surface area contributed by atoms with Crippen LogP contribution >= 0.6 is 0 Å². The van der Waals surface area contributed by atoms with Crippen LogP contribution < -0.4 is 9.47 Å². The molecule has 0 fully saturated rings. The summed E-state index contributed by atoms with van der Waals surface area (Å²) < 4.78 is 27.3. The second-order valence-electron chi connectivity index (χ2n) is 8.73. The largest absolute Gasteiger partial charge is 0.497 e. The maximum atomic E-state index is 14.3. The van der Waals surface area contributed by atoms with Crippen LogP contribution in [0.5, 0.6) is 11.5 Å². The minimum absolute atomic E-state index is 0.199. The van der Waals surface area contributed by atoms with Crippen molar-refractivity contribution in [2.24, 2.45) is 0 Å². The zero-order valence-electron chi connectivity index (χ0n) is 20.9. The first-order valence-corrected chi connectivity index (χ1v) is 12.0. The number of hydrogen-bond donors (Lipinski definition) is 1. The van der Waals surface area contributed by atoms with Gasteiger partial charge in [-0.25, -0.2) is 14.2 Å². The molecule has 0 aliphatic heterocycles. The fourth-order valence-corrected chi connectivity index (χ4v) is 4.26. The minimum atomic E-state index is -1.00. The van der Waals surface area contributed by atoms with Gasteiger partial charge in [-0.3, -0.25) is 0 Å². The fraction of sp³-hybridized carbons (Fsp3) is 0.0968. The van der Waals surface area contributed by atoms with Gasteiger partial charge in [-0.15, -0.1) is 0 Å². The molecule has 7 heteroatoms. The molecule has 0 spiro atoms. The third kappa shape index (κ3) is 5.13. The van der Waals surface area contributed by atoms with Crippen LogP contribution in [0.25, 0.3) is 28.2 Å². The van der Waals surface area contributed by atoms with Crippen LogP contribution in [0.2, 0.25) is 0 Å². The Morgan fingerprint density at radius 3 is 2.32 bits per heavy atom. The molecule has 5 aromatic rings. The molecule has 0 saturated carbocycles. The van der Waals surface area contributed by atoms with E-state index in [-0.39, 0.29) is 5.56 Å². The van der Waals surface area contributed by atoms with Gasteiger partial charge < -0.3 is 19.1 Å². The molecular weight excluding hydrogens is 483 g/mol. The lowest BCUT2D eigenvalue weighted by Crippen LogP contribution is -2.03. The monoisotopic (exact) mass is 508 g/mol. The van der Waals surface area contributed by atoms with Crippen molar-refractivity contribution in [1.29, 1.82) is 0 Å². The van der Waals surface area contributed by atoms with E-state index in [0.29, 0.717) is 35.1 Å². The highest BCUT2D eigenvalue weighted by atomic mass is 19.1. The van der Waals surface area contributed by atoms with Crippen molar-refractivity contribution < 1.29 is 23.8 Å². The van der Waals surface area contributed by atoms with Crippen LogP contribution in [0.1, 0.15) is 21.6 Å². The number of carboxylic acids is 1. The number of methoxy groups -OCH3 is 1. The molecule has 38 heavy (non-hydrogen) atoms. The fourth-order valence-electron chi connectivity index (χ4n) is 4.26. The molecular formula is C31H25FN2O4. The average Bonchev–Trinajstić information content (AvgIpc) is 3.34. The van der Waals surface area contributed by atoms with Gasteiger partial charge in [0.1, 0.15) is 29.7 Å². The predicted octanol–water partition coefficient (Wildman–Crippen LogP) is 6.94. The maximum Gasteiger partial charge on any atom is 0.337 e. The van der Waals surface area contributed by atoms with Crippen molar-refractivity contribution in [2.75, 3.05) is 7.11 Å². The van der Waals surface area contributed by atoms with Crippen LogP contribution in [-0.4, -0.2) is 27.7 Å². The number of carbonyl (C=O) groups is 1. The summed E-state index contributed by atoms with van der Waals surface area (Å²) in [4.78, 5) is 16.1. The predicted molar refractivity (Wildman–Crippen MR) is 143 cm³/mol. The number of nitrogens with zero attached hydrogens (tertiary/aromatic N) is 2. The molecule has 6 nitrogen and oxygen atoms in total. The molecule has 190 valence electrons. The van der Waals surface area contributed by atoms with E-state index in [9.17, 15) is 14.3 Å². The molecule has 0 amide bonds. The summed E-state index contributed by atoms with van der Waals surface area (Å²) in [6.45, 7) is 2.01. The normalized spacial score (nSPS) is 10.8. The second-order valence-corrected chi connectivity index (χ2v) is 8.73. The van der Waals surface area contributed by atoms with Gasteiger partial charge in [0.05, 0.1) is 18.4 Å². The van der Waals surface area contributed by atoms with E-state index in [1.54, 1.807) is 49.1 Å². The third-order valence-electron chi connectivity index (χ3n) is 6.34. The highest BCUT2D eigenvalue weighted by Gasteiger charge is 2.15. The number of aromatic carboxylic acids is 1. The van der Waals surface area contributed by atoms with Crippen molar-refractivity contribution in [3.05, 3.63) is 120 Å². The van der Waals surface area contributed by atoms with Crippen molar-refractivity contribution >= 4 is 5.97 Å². The van der Waals surface area contributed by atoms with Gasteiger partial charge in [0.25, 0.3) is 0 Å². The lowest BCUT2D eigenvalue weighted by molar-refractivity contribution is 0.0696. The zero-order chi connectivity index (χ0) is 26.6. The van der Waals surface area contributed by atoms with E-state index >= 15 is 0 Å². The number of aromatic nitrogens is 2. The SMILES string of the molecule is COc1ccc(-c2ccc(COc3ccc(F)cc3-c3cccc(-n4ccc(C(=O)O)c4C)n3)cc2)cc1. The van der Waals surface area contributed by atoms with Crippen LogP contribution in [0.3, 0.4) is 0 Å². The summed E-state index contributed by atoms with van der Waals surface area (Å²) in [5, 5.41) is 9.37. The topological polar surface area (TPSA) is 73.6 Å². The Morgan fingerprint density at radius 2 is 1.66 bits per heavy atom. The summed E-state index contributed by atoms with van der Waals surface area (Å²) in [5.74, 6) is 0.411. The second kappa shape index (κ2) is 10.6. The lowest BCUT2D eigenvalue weighted by Gasteiger charge is -2.13. The molecule has 0 atom stereocenters. The van der Waals surface area contributed by atoms with Gasteiger partial charge in [-0.1, -0.05) is 42.5 Å². The molecule has 0 saturated heterocycles. The Bertz CT molecular complexity index is 1590. The molecule has 0 unspecified atom stereocenters. The molecule has 3 aromatic carbocycles. The highest BCUT2D eigenvalue weighted by molar-refractivity contribution is 5.89. The quantitative estimate of drug-likeness (QED) is 0.246. The van der Waals surface area contributed by atoms with Gasteiger partial charge in [0, 0.05) is 17.5 Å². The van der Waals surface area contributed by atoms with E-state index in [2.05, 4.69) is 4.98 Å². The minimum Gasteiger partial charge on any atom is -0.497 e. The van der Waals surface area contributed by atoms with Crippen LogP contribution in [-0.2, 0) is 6.61 Å². The first kappa shape index (κ1) is 24.8. The van der Waals surface area contributed by atoms with E-state index in [1.165, 1.54) is 18.2 Å². The van der Waals surface area contributed by atoms with Crippen LogP contribution in [0, 0.1) is 12.7 Å². The highest BCUT2D eigenvalue weighted by Crippen LogP contribution is 2.31. The number of ether oxygens (including phenoxy) is 2. The standard InChI is InChI=1S/C31H25FN2O4/c1-20-26(31(35)36)16-17-34(20)30-5-3-4-28(33-30)27-18-24(32)12-15-29(27)38-19-21-6-8-22(9-7-21)23-10-13-25(37-2)14-11-23/h3-18H,19H2,1-2H3,(H,35,36). The molecule has 1 N–H and O–H groups in total. The molecule has 2 aromatic heterocycles. The molecule has 5 rings (SSSR count). The molecule has 2 heterocycles. The van der Waals surface area contributed by atoms with Crippen molar-refractivity contribution in [1.82, 2.24) is 9.55 Å².